The van der Waals surface area contributed by atoms with Crippen molar-refractivity contribution in [3.63, 3.8) is 0 Å². The molecule has 1 fully saturated rings. The molecule has 1 aliphatic rings. The van der Waals surface area contributed by atoms with Crippen molar-refractivity contribution in [3.05, 3.63) is 16.3 Å². The quantitative estimate of drug-likeness (QED) is 0.633. The van der Waals surface area contributed by atoms with E-state index in [4.69, 9.17) is 5.73 Å². The Morgan fingerprint density at radius 1 is 1.56 bits per heavy atom. The first-order chi connectivity index (χ1) is 8.32. The normalized spacial score (nSPS) is 24.3. The highest BCUT2D eigenvalue weighted by atomic mass is 32.2. The zero-order valence-corrected chi connectivity index (χ0v) is 10.6. The Morgan fingerprint density at radius 2 is 2.22 bits per heavy atom. The van der Waals surface area contributed by atoms with Crippen LogP contribution in [0.2, 0.25) is 0 Å². The van der Waals surface area contributed by atoms with Crippen LogP contribution in [0.15, 0.2) is 6.20 Å². The largest absolute Gasteiger partial charge is 0.378 e. The summed E-state index contributed by atoms with van der Waals surface area (Å²) in [4.78, 5) is 10.1. The lowest BCUT2D eigenvalue weighted by Gasteiger charge is -2.19. The first-order valence-corrected chi connectivity index (χ1v) is 7.44. The van der Waals surface area contributed by atoms with Gasteiger partial charge in [-0.15, -0.1) is 0 Å². The van der Waals surface area contributed by atoms with Gasteiger partial charge in [0.25, 0.3) is 0 Å². The summed E-state index contributed by atoms with van der Waals surface area (Å²) in [5, 5.41) is 14.0. The SMILES string of the molecule is CS(=O)(=O)C1CCCC1n1ncc([N+](=O)[O-])c1N. The molecule has 2 N–H and O–H groups in total. The third kappa shape index (κ3) is 2.05. The molecule has 2 unspecified atom stereocenters. The van der Waals surface area contributed by atoms with E-state index in [9.17, 15) is 18.5 Å². The summed E-state index contributed by atoms with van der Waals surface area (Å²) in [5.74, 6) is -0.0828. The number of aromatic nitrogens is 2. The second kappa shape index (κ2) is 4.23. The fourth-order valence-electron chi connectivity index (χ4n) is 2.45. The molecule has 0 radical (unpaired) electrons. The first-order valence-electron chi connectivity index (χ1n) is 5.48. The van der Waals surface area contributed by atoms with E-state index in [1.54, 1.807) is 0 Å². The first kappa shape index (κ1) is 12.8. The molecule has 2 rings (SSSR count). The Morgan fingerprint density at radius 3 is 2.72 bits per heavy atom. The van der Waals surface area contributed by atoms with Crippen molar-refractivity contribution in [2.45, 2.75) is 30.6 Å². The highest BCUT2D eigenvalue weighted by Gasteiger charge is 2.38. The highest BCUT2D eigenvalue weighted by molar-refractivity contribution is 7.91. The van der Waals surface area contributed by atoms with Gasteiger partial charge < -0.3 is 5.73 Å². The average molecular weight is 274 g/mol. The van der Waals surface area contributed by atoms with Crippen LogP contribution in [0.1, 0.15) is 25.3 Å². The van der Waals surface area contributed by atoms with Gasteiger partial charge in [0.15, 0.2) is 9.84 Å². The Balaban J connectivity index is 2.40. The predicted molar refractivity (Wildman–Crippen MR) is 64.8 cm³/mol. The maximum atomic E-state index is 11.7. The Bertz CT molecular complexity index is 579. The zero-order chi connectivity index (χ0) is 13.5. The van der Waals surface area contributed by atoms with Crippen LogP contribution in [0.5, 0.6) is 0 Å². The number of hydrogen-bond donors (Lipinski definition) is 1. The second-order valence-corrected chi connectivity index (χ2v) is 6.75. The molecule has 0 amide bonds. The molecule has 1 aromatic heterocycles. The van der Waals surface area contributed by atoms with Crippen LogP contribution < -0.4 is 5.73 Å². The van der Waals surface area contributed by atoms with E-state index >= 15 is 0 Å². The number of nitro groups is 1. The topological polar surface area (TPSA) is 121 Å². The molecular weight excluding hydrogens is 260 g/mol. The van der Waals surface area contributed by atoms with E-state index in [0.717, 1.165) is 12.6 Å². The molecule has 1 saturated carbocycles. The van der Waals surface area contributed by atoms with Crippen LogP contribution in [0, 0.1) is 10.1 Å². The highest BCUT2D eigenvalue weighted by Crippen LogP contribution is 2.37. The Kier molecular flexibility index (Phi) is 3.01. The molecular formula is C9H14N4O4S. The van der Waals surface area contributed by atoms with Gasteiger partial charge in [0.05, 0.1) is 16.2 Å². The summed E-state index contributed by atoms with van der Waals surface area (Å²) >= 11 is 0. The van der Waals surface area contributed by atoms with Crippen LogP contribution in [-0.2, 0) is 9.84 Å². The minimum Gasteiger partial charge on any atom is -0.378 e. The zero-order valence-electron chi connectivity index (χ0n) is 9.81. The molecule has 100 valence electrons. The molecule has 0 saturated heterocycles. The molecule has 0 spiro atoms. The van der Waals surface area contributed by atoms with Gasteiger partial charge in [-0.2, -0.15) is 5.10 Å². The molecule has 0 aromatic carbocycles. The van der Waals surface area contributed by atoms with Crippen molar-refractivity contribution in [3.8, 4) is 0 Å². The van der Waals surface area contributed by atoms with Gasteiger partial charge in [0.2, 0.25) is 5.82 Å². The Hall–Kier alpha value is -1.64. The standard InChI is InChI=1S/C9H14N4O4S/c1-18(16,17)8-4-2-3-6(8)12-9(10)7(5-11-12)13(14)15/h5-6,8H,2-4,10H2,1H3. The van der Waals surface area contributed by atoms with E-state index in [1.807, 2.05) is 0 Å². The van der Waals surface area contributed by atoms with Crippen molar-refractivity contribution in [2.24, 2.45) is 0 Å². The summed E-state index contributed by atoms with van der Waals surface area (Å²) < 4.78 is 24.6. The van der Waals surface area contributed by atoms with Crippen molar-refractivity contribution >= 4 is 21.3 Å². The monoisotopic (exact) mass is 274 g/mol. The lowest BCUT2D eigenvalue weighted by Crippen LogP contribution is -2.28. The van der Waals surface area contributed by atoms with Crippen molar-refractivity contribution in [1.29, 1.82) is 0 Å². The van der Waals surface area contributed by atoms with Gasteiger partial charge in [-0.05, 0) is 19.3 Å². The number of nitrogens with two attached hydrogens (primary N) is 1. The summed E-state index contributed by atoms with van der Waals surface area (Å²) in [6.45, 7) is 0. The summed E-state index contributed by atoms with van der Waals surface area (Å²) in [7, 11) is -3.21. The Labute approximate surface area is 104 Å². The second-order valence-electron chi connectivity index (χ2n) is 4.48. The van der Waals surface area contributed by atoms with Crippen molar-refractivity contribution in [1.82, 2.24) is 9.78 Å². The van der Waals surface area contributed by atoms with Gasteiger partial charge >= 0.3 is 5.69 Å². The average Bonchev–Trinajstić information content (AvgIpc) is 2.81. The van der Waals surface area contributed by atoms with E-state index in [-0.39, 0.29) is 11.5 Å². The van der Waals surface area contributed by atoms with E-state index in [0.29, 0.717) is 12.8 Å². The van der Waals surface area contributed by atoms with Crippen LogP contribution in [0.4, 0.5) is 11.5 Å². The number of hydrogen-bond acceptors (Lipinski definition) is 6. The molecule has 1 aromatic rings. The number of nitrogen functional groups attached to an aromatic ring is 1. The van der Waals surface area contributed by atoms with Gasteiger partial charge in [-0.1, -0.05) is 0 Å². The third-order valence-electron chi connectivity index (χ3n) is 3.29. The maximum absolute atomic E-state index is 11.7. The van der Waals surface area contributed by atoms with Gasteiger partial charge in [-0.25, -0.2) is 13.1 Å². The number of sulfone groups is 1. The van der Waals surface area contributed by atoms with E-state index in [1.165, 1.54) is 10.9 Å². The number of nitrogens with zero attached hydrogens (tertiary/aromatic N) is 3. The van der Waals surface area contributed by atoms with Gasteiger partial charge in [0, 0.05) is 6.26 Å². The number of rotatable bonds is 3. The lowest BCUT2D eigenvalue weighted by molar-refractivity contribution is -0.384. The molecule has 0 aliphatic heterocycles. The molecule has 9 heteroatoms. The molecule has 0 bridgehead atoms. The fourth-order valence-corrected chi connectivity index (χ4v) is 3.87. The minimum absolute atomic E-state index is 0.0828. The van der Waals surface area contributed by atoms with Crippen LogP contribution >= 0.6 is 0 Å². The fraction of sp³-hybridized carbons (Fsp3) is 0.667. The van der Waals surface area contributed by atoms with Crippen LogP contribution in [-0.4, -0.2) is 34.6 Å². The van der Waals surface area contributed by atoms with Crippen LogP contribution in [0.25, 0.3) is 0 Å². The van der Waals surface area contributed by atoms with E-state index in [2.05, 4.69) is 5.10 Å². The summed E-state index contributed by atoms with van der Waals surface area (Å²) in [5.41, 5.74) is 5.37. The molecule has 8 nitrogen and oxygen atoms in total. The van der Waals surface area contributed by atoms with E-state index < -0.39 is 26.1 Å². The van der Waals surface area contributed by atoms with Crippen molar-refractivity contribution in [2.75, 3.05) is 12.0 Å². The molecule has 2 atom stereocenters. The summed E-state index contributed by atoms with van der Waals surface area (Å²) in [6, 6.07) is -0.409. The third-order valence-corrected chi connectivity index (χ3v) is 4.94. The molecule has 18 heavy (non-hydrogen) atoms. The van der Waals surface area contributed by atoms with Gasteiger partial charge in [-0.3, -0.25) is 10.1 Å². The van der Waals surface area contributed by atoms with Gasteiger partial charge in [0.1, 0.15) is 6.20 Å². The van der Waals surface area contributed by atoms with Crippen molar-refractivity contribution < 1.29 is 13.3 Å². The maximum Gasteiger partial charge on any atom is 0.330 e. The molecule has 1 heterocycles. The van der Waals surface area contributed by atoms with Crippen LogP contribution in [0.3, 0.4) is 0 Å². The minimum atomic E-state index is -3.21. The lowest BCUT2D eigenvalue weighted by atomic mass is 10.2. The molecule has 1 aliphatic carbocycles. The smallest absolute Gasteiger partial charge is 0.330 e. The summed E-state index contributed by atoms with van der Waals surface area (Å²) in [6.07, 6.45) is 4.13. The predicted octanol–water partition coefficient (Wildman–Crippen LogP) is 0.512. The number of anilines is 1.